The van der Waals surface area contributed by atoms with Gasteiger partial charge in [-0.1, -0.05) is 35.9 Å². The van der Waals surface area contributed by atoms with E-state index in [1.807, 2.05) is 30.3 Å². The van der Waals surface area contributed by atoms with Gasteiger partial charge in [0, 0.05) is 40.1 Å². The molecule has 0 saturated carbocycles. The lowest BCUT2D eigenvalue weighted by molar-refractivity contribution is 0.240. The lowest BCUT2D eigenvalue weighted by Gasteiger charge is -2.08. The third-order valence-electron chi connectivity index (χ3n) is 3.05. The van der Waals surface area contributed by atoms with Gasteiger partial charge in [-0.25, -0.2) is 4.79 Å². The molecule has 0 fully saturated rings. The average Bonchev–Trinajstić information content (AvgIpc) is 2.51. The highest BCUT2D eigenvalue weighted by molar-refractivity contribution is 7.84. The lowest BCUT2D eigenvalue weighted by atomic mass is 10.2. The summed E-state index contributed by atoms with van der Waals surface area (Å²) in [5, 5.41) is 6.19. The Morgan fingerprint density at radius 3 is 2.27 bits per heavy atom. The van der Waals surface area contributed by atoms with Gasteiger partial charge in [0.05, 0.1) is 0 Å². The van der Waals surface area contributed by atoms with Crippen molar-refractivity contribution in [3.8, 4) is 0 Å². The average molecular weight is 337 g/mol. The Bertz CT molecular complexity index is 674. The van der Waals surface area contributed by atoms with Crippen LogP contribution in [0.25, 0.3) is 0 Å². The van der Waals surface area contributed by atoms with Gasteiger partial charge < -0.3 is 10.6 Å². The number of carbonyl (C=O) groups excluding carboxylic acids is 1. The molecule has 0 saturated heterocycles. The summed E-state index contributed by atoms with van der Waals surface area (Å²) < 4.78 is 11.3. The van der Waals surface area contributed by atoms with E-state index >= 15 is 0 Å². The molecule has 1 atom stereocenters. The van der Waals surface area contributed by atoms with Crippen LogP contribution in [0.2, 0.25) is 5.02 Å². The van der Waals surface area contributed by atoms with E-state index in [1.54, 1.807) is 24.5 Å². The minimum atomic E-state index is -0.987. The second-order valence-electron chi connectivity index (χ2n) is 4.76. The Balaban J connectivity index is 1.79. The van der Waals surface area contributed by atoms with Crippen LogP contribution in [0.3, 0.4) is 0 Å². The number of halogens is 1. The molecule has 0 aliphatic carbocycles. The van der Waals surface area contributed by atoms with Crippen LogP contribution in [0.4, 0.5) is 4.79 Å². The van der Waals surface area contributed by atoms with Crippen molar-refractivity contribution < 1.29 is 9.00 Å². The van der Waals surface area contributed by atoms with Crippen LogP contribution in [-0.2, 0) is 23.9 Å². The van der Waals surface area contributed by atoms with Crippen LogP contribution in [0.5, 0.6) is 0 Å². The van der Waals surface area contributed by atoms with Crippen molar-refractivity contribution in [3.05, 3.63) is 64.7 Å². The predicted octanol–water partition coefficient (Wildman–Crippen LogP) is 3.08. The zero-order valence-corrected chi connectivity index (χ0v) is 13.7. The van der Waals surface area contributed by atoms with Gasteiger partial charge in [-0.05, 0) is 35.4 Å². The van der Waals surface area contributed by atoms with Crippen molar-refractivity contribution in [1.82, 2.24) is 10.6 Å². The Hall–Kier alpha value is -1.85. The van der Waals surface area contributed by atoms with Crippen LogP contribution in [0.1, 0.15) is 11.1 Å². The molecular weight excluding hydrogens is 320 g/mol. The van der Waals surface area contributed by atoms with Gasteiger partial charge >= 0.3 is 6.03 Å². The zero-order chi connectivity index (χ0) is 15.9. The first-order valence-corrected chi connectivity index (χ1v) is 8.67. The highest BCUT2D eigenvalue weighted by Gasteiger charge is 2.02. The van der Waals surface area contributed by atoms with Crippen molar-refractivity contribution in [1.29, 1.82) is 0 Å². The number of amides is 2. The van der Waals surface area contributed by atoms with E-state index in [0.717, 1.165) is 16.0 Å². The molecule has 2 rings (SSSR count). The molecule has 0 aliphatic heterocycles. The zero-order valence-electron chi connectivity index (χ0n) is 12.1. The molecule has 0 radical (unpaired) electrons. The Morgan fingerprint density at radius 2 is 1.68 bits per heavy atom. The molecule has 116 valence electrons. The topological polar surface area (TPSA) is 58.2 Å². The first-order valence-electron chi connectivity index (χ1n) is 6.73. The molecule has 0 aromatic heterocycles. The molecular formula is C16H17ClN2O2S. The van der Waals surface area contributed by atoms with E-state index in [9.17, 15) is 9.00 Å². The molecule has 0 bridgehead atoms. The van der Waals surface area contributed by atoms with Gasteiger partial charge in [0.25, 0.3) is 0 Å². The molecule has 0 heterocycles. The lowest BCUT2D eigenvalue weighted by Crippen LogP contribution is -2.34. The summed E-state index contributed by atoms with van der Waals surface area (Å²) in [7, 11) is -0.987. The molecule has 22 heavy (non-hydrogen) atoms. The van der Waals surface area contributed by atoms with Crippen molar-refractivity contribution in [2.24, 2.45) is 0 Å². The molecule has 2 aromatic carbocycles. The van der Waals surface area contributed by atoms with Crippen molar-refractivity contribution in [3.63, 3.8) is 0 Å². The Kier molecular flexibility index (Phi) is 5.98. The maximum absolute atomic E-state index is 11.7. The summed E-state index contributed by atoms with van der Waals surface area (Å²) in [5.41, 5.74) is 1.89. The molecule has 0 aliphatic rings. The van der Waals surface area contributed by atoms with Gasteiger partial charge in [0.1, 0.15) is 0 Å². The fraction of sp³-hybridized carbons (Fsp3) is 0.188. The number of hydrogen-bond donors (Lipinski definition) is 2. The number of hydrogen-bond acceptors (Lipinski definition) is 2. The van der Waals surface area contributed by atoms with Crippen LogP contribution in [0.15, 0.2) is 53.4 Å². The van der Waals surface area contributed by atoms with E-state index in [4.69, 9.17) is 11.6 Å². The molecule has 2 aromatic rings. The van der Waals surface area contributed by atoms with Crippen LogP contribution in [0, 0.1) is 0 Å². The largest absolute Gasteiger partial charge is 0.334 e. The molecule has 4 nitrogen and oxygen atoms in total. The summed E-state index contributed by atoms with van der Waals surface area (Å²) in [6.07, 6.45) is 1.64. The summed E-state index contributed by atoms with van der Waals surface area (Å²) >= 11 is 5.89. The van der Waals surface area contributed by atoms with Gasteiger partial charge in [-0.3, -0.25) is 4.21 Å². The summed E-state index contributed by atoms with van der Waals surface area (Å²) in [6, 6.07) is 14.4. The summed E-state index contributed by atoms with van der Waals surface area (Å²) in [5.74, 6) is 0. The number of nitrogens with one attached hydrogen (secondary N) is 2. The van der Waals surface area contributed by atoms with Gasteiger partial charge in [0.2, 0.25) is 0 Å². The first-order chi connectivity index (χ1) is 10.5. The summed E-state index contributed by atoms with van der Waals surface area (Å²) in [4.78, 5) is 12.5. The maximum atomic E-state index is 11.7. The third-order valence-corrected chi connectivity index (χ3v) is 4.22. The highest BCUT2D eigenvalue weighted by Crippen LogP contribution is 2.10. The number of benzene rings is 2. The normalized spacial score (nSPS) is 11.7. The number of rotatable bonds is 5. The molecule has 6 heteroatoms. The maximum Gasteiger partial charge on any atom is 0.315 e. The van der Waals surface area contributed by atoms with Crippen LogP contribution < -0.4 is 10.6 Å². The molecule has 0 spiro atoms. The Morgan fingerprint density at radius 1 is 1.05 bits per heavy atom. The van der Waals surface area contributed by atoms with Gasteiger partial charge in [0.15, 0.2) is 0 Å². The molecule has 2 amide bonds. The van der Waals surface area contributed by atoms with Crippen molar-refractivity contribution in [2.75, 3.05) is 6.26 Å². The third kappa shape index (κ3) is 5.16. The second-order valence-corrected chi connectivity index (χ2v) is 6.58. The minimum Gasteiger partial charge on any atom is -0.334 e. The van der Waals surface area contributed by atoms with Gasteiger partial charge in [-0.2, -0.15) is 0 Å². The smallest absolute Gasteiger partial charge is 0.315 e. The number of carbonyl (C=O) groups is 1. The summed E-state index contributed by atoms with van der Waals surface area (Å²) in [6.45, 7) is 0.832. The fourth-order valence-electron chi connectivity index (χ4n) is 1.87. The monoisotopic (exact) mass is 336 g/mol. The van der Waals surface area contributed by atoms with Crippen LogP contribution >= 0.6 is 11.6 Å². The minimum absolute atomic E-state index is 0.247. The molecule has 0 unspecified atom stereocenters. The predicted molar refractivity (Wildman–Crippen MR) is 89.3 cm³/mol. The van der Waals surface area contributed by atoms with Gasteiger partial charge in [-0.15, -0.1) is 0 Å². The van der Waals surface area contributed by atoms with E-state index in [1.165, 1.54) is 0 Å². The molecule has 2 N–H and O–H groups in total. The second kappa shape index (κ2) is 7.96. The van der Waals surface area contributed by atoms with E-state index in [-0.39, 0.29) is 6.03 Å². The van der Waals surface area contributed by atoms with Crippen molar-refractivity contribution in [2.45, 2.75) is 18.0 Å². The quantitative estimate of drug-likeness (QED) is 0.881. The van der Waals surface area contributed by atoms with E-state index in [0.29, 0.717) is 18.1 Å². The fourth-order valence-corrected chi connectivity index (χ4v) is 2.61. The van der Waals surface area contributed by atoms with Crippen LogP contribution in [-0.4, -0.2) is 16.5 Å². The number of urea groups is 1. The highest BCUT2D eigenvalue weighted by atomic mass is 35.5. The standard InChI is InChI=1S/C16H17ClN2O2S/c1-22(21)15-7-5-12(6-8-15)10-18-16(20)19-11-13-3-2-4-14(17)9-13/h2-9H,10-11H2,1H3,(H2,18,19,20)/t22-/m0/s1. The van der Waals surface area contributed by atoms with Crippen molar-refractivity contribution >= 4 is 28.4 Å². The SMILES string of the molecule is C[S@](=O)c1ccc(CNC(=O)NCc2cccc(Cl)c2)cc1. The van der Waals surface area contributed by atoms with E-state index < -0.39 is 10.8 Å². The first kappa shape index (κ1) is 16.5. The van der Waals surface area contributed by atoms with E-state index in [2.05, 4.69) is 10.6 Å². The Labute approximate surface area is 137 Å².